The van der Waals surface area contributed by atoms with Gasteiger partial charge in [0.25, 0.3) is 0 Å². The maximum atomic E-state index is 11.3. The van der Waals surface area contributed by atoms with E-state index >= 15 is 0 Å². The minimum atomic E-state index is -0.469. The van der Waals surface area contributed by atoms with E-state index in [0.717, 1.165) is 78.9 Å². The summed E-state index contributed by atoms with van der Waals surface area (Å²) < 4.78 is 21.9. The lowest BCUT2D eigenvalue weighted by molar-refractivity contribution is -0.139. The Morgan fingerprint density at radius 2 is 1.00 bits per heavy atom. The fourth-order valence-electron chi connectivity index (χ4n) is 5.34. The summed E-state index contributed by atoms with van der Waals surface area (Å²) in [5.74, 6) is 0.531. The lowest BCUT2D eigenvalue weighted by Gasteiger charge is -2.18. The van der Waals surface area contributed by atoms with Gasteiger partial charge in [-0.05, 0) is 106 Å². The summed E-state index contributed by atoms with van der Waals surface area (Å²) in [7, 11) is 0. The van der Waals surface area contributed by atoms with Gasteiger partial charge in [0.15, 0.2) is 0 Å². The van der Waals surface area contributed by atoms with Crippen LogP contribution in [0.2, 0.25) is 0 Å². The molecule has 0 aliphatic carbocycles. The predicted molar refractivity (Wildman–Crippen MR) is 183 cm³/mol. The first-order valence-corrected chi connectivity index (χ1v) is 15.1. The first kappa shape index (κ1) is 31.8. The highest BCUT2D eigenvalue weighted by Crippen LogP contribution is 2.41. The highest BCUT2D eigenvalue weighted by molar-refractivity contribution is 5.99. The molecule has 6 heteroatoms. The van der Waals surface area contributed by atoms with E-state index in [1.54, 1.807) is 0 Å². The number of carbonyl (C=O) groups is 2. The molecule has 0 fully saturated rings. The quantitative estimate of drug-likeness (QED) is 0.0753. The third kappa shape index (κ3) is 7.53. The van der Waals surface area contributed by atoms with Crippen molar-refractivity contribution in [3.63, 3.8) is 0 Å². The molecule has 0 aromatic heterocycles. The van der Waals surface area contributed by atoms with Crippen LogP contribution in [0.3, 0.4) is 0 Å². The number of aryl methyl sites for hydroxylation is 2. The van der Waals surface area contributed by atoms with E-state index in [-0.39, 0.29) is 26.4 Å². The molecule has 5 aromatic carbocycles. The zero-order chi connectivity index (χ0) is 32.5. The largest absolute Gasteiger partial charge is 0.490 e. The van der Waals surface area contributed by atoms with Crippen molar-refractivity contribution in [2.24, 2.45) is 0 Å². The van der Waals surface area contributed by atoms with Crippen molar-refractivity contribution in [3.8, 4) is 44.9 Å². The number of ether oxygens (including phenoxy) is 4. The zero-order valence-corrected chi connectivity index (χ0v) is 26.1. The van der Waals surface area contributed by atoms with Crippen LogP contribution in [0, 0.1) is 13.8 Å². The summed E-state index contributed by atoms with van der Waals surface area (Å²) >= 11 is 0. The van der Waals surface area contributed by atoms with E-state index in [4.69, 9.17) is 18.9 Å². The minimum Gasteiger partial charge on any atom is -0.490 e. The average Bonchev–Trinajstić information content (AvgIpc) is 3.08. The Balaban J connectivity index is 1.48. The van der Waals surface area contributed by atoms with Gasteiger partial charge in [-0.15, -0.1) is 0 Å². The van der Waals surface area contributed by atoms with Crippen LogP contribution in [0.1, 0.15) is 11.1 Å². The first-order chi connectivity index (χ1) is 22.4. The van der Waals surface area contributed by atoms with Gasteiger partial charge < -0.3 is 18.9 Å². The molecule has 6 nitrogen and oxygen atoms in total. The minimum absolute atomic E-state index is 0.148. The molecule has 0 spiro atoms. The van der Waals surface area contributed by atoms with Crippen molar-refractivity contribution < 1.29 is 28.5 Å². The highest BCUT2D eigenvalue weighted by Gasteiger charge is 2.16. The Kier molecular flexibility index (Phi) is 10.3. The van der Waals surface area contributed by atoms with Gasteiger partial charge in [-0.1, -0.05) is 73.8 Å². The summed E-state index contributed by atoms with van der Waals surface area (Å²) in [5, 5.41) is 2.30. The molecule has 0 bridgehead atoms. The van der Waals surface area contributed by atoms with Crippen molar-refractivity contribution in [3.05, 3.63) is 133 Å². The van der Waals surface area contributed by atoms with Crippen LogP contribution in [0.15, 0.2) is 122 Å². The first-order valence-electron chi connectivity index (χ1n) is 15.1. The molecule has 0 saturated carbocycles. The summed E-state index contributed by atoms with van der Waals surface area (Å²) in [6, 6.07) is 33.6. The van der Waals surface area contributed by atoms with Gasteiger partial charge in [0.1, 0.15) is 37.9 Å². The van der Waals surface area contributed by atoms with Crippen LogP contribution < -0.4 is 9.47 Å². The molecule has 232 valence electrons. The van der Waals surface area contributed by atoms with Crippen molar-refractivity contribution in [2.75, 3.05) is 26.4 Å². The highest BCUT2D eigenvalue weighted by atomic mass is 16.6. The molecule has 0 aliphatic heterocycles. The van der Waals surface area contributed by atoms with E-state index in [1.165, 1.54) is 0 Å². The molecule has 0 radical (unpaired) electrons. The average molecular weight is 613 g/mol. The normalized spacial score (nSPS) is 10.7. The Hall–Kier alpha value is -5.62. The molecule has 46 heavy (non-hydrogen) atoms. The van der Waals surface area contributed by atoms with E-state index < -0.39 is 11.9 Å². The summed E-state index contributed by atoms with van der Waals surface area (Å²) in [6.45, 7) is 11.6. The second-order valence-corrected chi connectivity index (χ2v) is 10.7. The number of hydrogen-bond acceptors (Lipinski definition) is 6. The Morgan fingerprint density at radius 1 is 0.543 bits per heavy atom. The SMILES string of the molecule is C=CC(=O)OCCOc1ccc(-c2ccccc2-c2cc3ccccc3cc2-c2ccc(OCCOC(=O)C=C)c(C)c2)cc1C. The van der Waals surface area contributed by atoms with Crippen LogP contribution in [0.5, 0.6) is 11.5 Å². The van der Waals surface area contributed by atoms with Gasteiger partial charge in [-0.2, -0.15) is 0 Å². The molecule has 5 rings (SSSR count). The number of fused-ring (bicyclic) bond motifs is 1. The Labute approximate surface area is 269 Å². The topological polar surface area (TPSA) is 71.1 Å². The molecule has 0 heterocycles. The molecule has 0 amide bonds. The van der Waals surface area contributed by atoms with Crippen molar-refractivity contribution in [2.45, 2.75) is 13.8 Å². The monoisotopic (exact) mass is 612 g/mol. The van der Waals surface area contributed by atoms with Crippen LogP contribution in [-0.4, -0.2) is 38.4 Å². The predicted octanol–water partition coefficient (Wildman–Crippen LogP) is 8.67. The molecule has 0 unspecified atom stereocenters. The Morgan fingerprint density at radius 3 is 1.50 bits per heavy atom. The third-order valence-electron chi connectivity index (χ3n) is 7.58. The number of rotatable bonds is 13. The van der Waals surface area contributed by atoms with Crippen LogP contribution in [-0.2, 0) is 19.1 Å². The van der Waals surface area contributed by atoms with Gasteiger partial charge in [0.05, 0.1) is 0 Å². The number of carbonyl (C=O) groups excluding carboxylic acids is 2. The fraction of sp³-hybridized carbons (Fsp3) is 0.150. The van der Waals surface area contributed by atoms with Crippen LogP contribution >= 0.6 is 0 Å². The van der Waals surface area contributed by atoms with Crippen LogP contribution in [0.25, 0.3) is 44.2 Å². The molecule has 0 saturated heterocycles. The summed E-state index contributed by atoms with van der Waals surface area (Å²) in [5.41, 5.74) is 8.50. The molecule has 0 N–H and O–H groups in total. The zero-order valence-electron chi connectivity index (χ0n) is 26.1. The van der Waals surface area contributed by atoms with Crippen molar-refractivity contribution in [1.29, 1.82) is 0 Å². The molecular weight excluding hydrogens is 576 g/mol. The smallest absolute Gasteiger partial charge is 0.330 e. The van der Waals surface area contributed by atoms with Gasteiger partial charge in [-0.25, -0.2) is 9.59 Å². The van der Waals surface area contributed by atoms with E-state index in [1.807, 2.05) is 26.0 Å². The number of hydrogen-bond donors (Lipinski definition) is 0. The lowest BCUT2D eigenvalue weighted by atomic mass is 9.87. The molecule has 5 aromatic rings. The molecular formula is C40H36O6. The Bertz CT molecular complexity index is 1900. The van der Waals surface area contributed by atoms with E-state index in [9.17, 15) is 9.59 Å². The van der Waals surface area contributed by atoms with Gasteiger partial charge in [0, 0.05) is 12.2 Å². The summed E-state index contributed by atoms with van der Waals surface area (Å²) in [6.07, 6.45) is 2.27. The maximum absolute atomic E-state index is 11.3. The standard InChI is InChI=1S/C40H36O6/c1-5-39(41)45-21-19-43-37-17-15-31(23-27(37)3)33-13-9-10-14-34(33)36-26-30-12-8-7-11-29(30)25-35(36)32-16-18-38(28(4)24-32)44-20-22-46-40(42)6-2/h5-18,23-26H,1-2,19-22H2,3-4H3. The summed E-state index contributed by atoms with van der Waals surface area (Å²) in [4.78, 5) is 22.7. The van der Waals surface area contributed by atoms with E-state index in [0.29, 0.717) is 0 Å². The number of benzene rings is 5. The second kappa shape index (κ2) is 14.9. The van der Waals surface area contributed by atoms with Crippen molar-refractivity contribution >= 4 is 22.7 Å². The molecule has 0 atom stereocenters. The second-order valence-electron chi connectivity index (χ2n) is 10.7. The van der Waals surface area contributed by atoms with Crippen LogP contribution in [0.4, 0.5) is 0 Å². The number of esters is 2. The fourth-order valence-corrected chi connectivity index (χ4v) is 5.34. The van der Waals surface area contributed by atoms with Gasteiger partial charge in [0.2, 0.25) is 0 Å². The van der Waals surface area contributed by atoms with Gasteiger partial charge >= 0.3 is 11.9 Å². The lowest BCUT2D eigenvalue weighted by Crippen LogP contribution is -2.10. The van der Waals surface area contributed by atoms with E-state index in [2.05, 4.69) is 98.1 Å². The molecule has 0 aliphatic rings. The van der Waals surface area contributed by atoms with Gasteiger partial charge in [-0.3, -0.25) is 0 Å². The maximum Gasteiger partial charge on any atom is 0.330 e. The third-order valence-corrected chi connectivity index (χ3v) is 7.58. The van der Waals surface area contributed by atoms with Crippen molar-refractivity contribution in [1.82, 2.24) is 0 Å².